The van der Waals surface area contributed by atoms with Gasteiger partial charge in [-0.05, 0) is 6.92 Å². The van der Waals surface area contributed by atoms with Gasteiger partial charge in [0.1, 0.15) is 0 Å². The summed E-state index contributed by atoms with van der Waals surface area (Å²) in [5.74, 6) is -1.87. The fraction of sp³-hybridized carbons (Fsp3) is 0.889. The SMILES string of the molecule is COCCN(C(=O)C(F)(F)F)C(C)COC. The third-order valence-corrected chi connectivity index (χ3v) is 1.98. The molecule has 96 valence electrons. The Morgan fingerprint density at radius 1 is 1.31 bits per heavy atom. The molecule has 0 aliphatic rings. The van der Waals surface area contributed by atoms with E-state index < -0.39 is 18.1 Å². The van der Waals surface area contributed by atoms with Crippen LogP contribution in [0.4, 0.5) is 13.2 Å². The first kappa shape index (κ1) is 15.2. The van der Waals surface area contributed by atoms with E-state index in [0.29, 0.717) is 4.90 Å². The summed E-state index contributed by atoms with van der Waals surface area (Å²) in [6, 6.07) is -0.644. The molecule has 0 saturated carbocycles. The van der Waals surface area contributed by atoms with Crippen molar-refractivity contribution in [3.8, 4) is 0 Å². The molecule has 1 unspecified atom stereocenters. The van der Waals surface area contributed by atoms with Crippen molar-refractivity contribution < 1.29 is 27.4 Å². The maximum Gasteiger partial charge on any atom is 0.471 e. The summed E-state index contributed by atoms with van der Waals surface area (Å²) in [5.41, 5.74) is 0. The fourth-order valence-electron chi connectivity index (χ4n) is 1.21. The van der Waals surface area contributed by atoms with Gasteiger partial charge in [0, 0.05) is 20.8 Å². The van der Waals surface area contributed by atoms with Gasteiger partial charge in [-0.3, -0.25) is 4.79 Å². The van der Waals surface area contributed by atoms with E-state index in [2.05, 4.69) is 4.74 Å². The van der Waals surface area contributed by atoms with E-state index in [1.165, 1.54) is 21.1 Å². The minimum atomic E-state index is -4.87. The molecule has 16 heavy (non-hydrogen) atoms. The van der Waals surface area contributed by atoms with Crippen LogP contribution in [-0.4, -0.2) is 57.0 Å². The molecule has 1 amide bonds. The normalized spacial score (nSPS) is 13.6. The second-order valence-corrected chi connectivity index (χ2v) is 3.29. The van der Waals surface area contributed by atoms with Gasteiger partial charge in [-0.1, -0.05) is 0 Å². The quantitative estimate of drug-likeness (QED) is 0.700. The maximum absolute atomic E-state index is 12.3. The average molecular weight is 243 g/mol. The zero-order chi connectivity index (χ0) is 12.8. The number of carbonyl (C=O) groups is 1. The molecule has 1 atom stereocenters. The van der Waals surface area contributed by atoms with Crippen LogP contribution in [0.15, 0.2) is 0 Å². The van der Waals surface area contributed by atoms with E-state index >= 15 is 0 Å². The molecule has 0 saturated heterocycles. The highest BCUT2D eigenvalue weighted by atomic mass is 19.4. The van der Waals surface area contributed by atoms with Gasteiger partial charge < -0.3 is 14.4 Å². The van der Waals surface area contributed by atoms with Gasteiger partial charge in [-0.15, -0.1) is 0 Å². The number of hydrogen-bond donors (Lipinski definition) is 0. The van der Waals surface area contributed by atoms with Crippen LogP contribution >= 0.6 is 0 Å². The summed E-state index contributed by atoms with van der Waals surface area (Å²) < 4.78 is 46.1. The van der Waals surface area contributed by atoms with Crippen LogP contribution in [0.3, 0.4) is 0 Å². The molecule has 0 aliphatic heterocycles. The highest BCUT2D eigenvalue weighted by Crippen LogP contribution is 2.19. The molecule has 0 spiro atoms. The molecule has 0 N–H and O–H groups in total. The number of alkyl halides is 3. The molecule has 0 heterocycles. The standard InChI is InChI=1S/C9H16F3NO3/c1-7(6-16-3)13(4-5-15-2)8(14)9(10,11)12/h7H,4-6H2,1-3H3. The molecule has 0 aromatic rings. The summed E-state index contributed by atoms with van der Waals surface area (Å²) in [7, 11) is 2.72. The first-order valence-electron chi connectivity index (χ1n) is 4.70. The summed E-state index contributed by atoms with van der Waals surface area (Å²) >= 11 is 0. The van der Waals surface area contributed by atoms with Gasteiger partial charge >= 0.3 is 12.1 Å². The van der Waals surface area contributed by atoms with Gasteiger partial charge in [0.2, 0.25) is 0 Å². The lowest BCUT2D eigenvalue weighted by Gasteiger charge is -2.29. The van der Waals surface area contributed by atoms with Crippen LogP contribution in [0.2, 0.25) is 0 Å². The van der Waals surface area contributed by atoms with Gasteiger partial charge in [0.25, 0.3) is 0 Å². The summed E-state index contributed by atoms with van der Waals surface area (Å²) in [5, 5.41) is 0. The fourth-order valence-corrected chi connectivity index (χ4v) is 1.21. The number of ether oxygens (including phenoxy) is 2. The number of nitrogens with zero attached hydrogens (tertiary/aromatic N) is 1. The molecule has 0 rings (SSSR count). The van der Waals surface area contributed by atoms with Gasteiger partial charge in [0.15, 0.2) is 0 Å². The Hall–Kier alpha value is -0.820. The van der Waals surface area contributed by atoms with Crippen LogP contribution < -0.4 is 0 Å². The van der Waals surface area contributed by atoms with Crippen LogP contribution in [0.1, 0.15) is 6.92 Å². The molecular weight excluding hydrogens is 227 g/mol. The van der Waals surface area contributed by atoms with Crippen molar-refractivity contribution in [2.24, 2.45) is 0 Å². The molecule has 0 aromatic carbocycles. The van der Waals surface area contributed by atoms with Crippen molar-refractivity contribution in [3.05, 3.63) is 0 Å². The van der Waals surface area contributed by atoms with E-state index in [1.807, 2.05) is 0 Å². The van der Waals surface area contributed by atoms with E-state index in [9.17, 15) is 18.0 Å². The molecule has 4 nitrogen and oxygen atoms in total. The number of rotatable bonds is 6. The number of methoxy groups -OCH3 is 2. The van der Waals surface area contributed by atoms with Crippen LogP contribution in [0.25, 0.3) is 0 Å². The van der Waals surface area contributed by atoms with Crippen molar-refractivity contribution in [2.75, 3.05) is 34.0 Å². The van der Waals surface area contributed by atoms with Crippen LogP contribution in [0.5, 0.6) is 0 Å². The maximum atomic E-state index is 12.3. The smallest absolute Gasteiger partial charge is 0.383 e. The van der Waals surface area contributed by atoms with E-state index in [-0.39, 0.29) is 19.8 Å². The van der Waals surface area contributed by atoms with Crippen molar-refractivity contribution in [1.82, 2.24) is 4.90 Å². The Balaban J connectivity index is 4.59. The van der Waals surface area contributed by atoms with Gasteiger partial charge in [-0.2, -0.15) is 13.2 Å². The van der Waals surface area contributed by atoms with E-state index in [4.69, 9.17) is 4.74 Å². The zero-order valence-electron chi connectivity index (χ0n) is 9.50. The first-order valence-corrected chi connectivity index (χ1v) is 4.70. The Morgan fingerprint density at radius 3 is 2.25 bits per heavy atom. The highest BCUT2D eigenvalue weighted by molar-refractivity contribution is 5.82. The summed E-state index contributed by atoms with van der Waals surface area (Å²) in [6.07, 6.45) is -4.87. The Labute approximate surface area is 92.3 Å². The first-order chi connectivity index (χ1) is 7.34. The van der Waals surface area contributed by atoms with Gasteiger partial charge in [-0.25, -0.2) is 0 Å². The van der Waals surface area contributed by atoms with Crippen molar-refractivity contribution >= 4 is 5.91 Å². The molecule has 7 heteroatoms. The monoisotopic (exact) mass is 243 g/mol. The average Bonchev–Trinajstić information content (AvgIpc) is 2.17. The third kappa shape index (κ3) is 4.80. The molecule has 0 radical (unpaired) electrons. The number of amides is 1. The third-order valence-electron chi connectivity index (χ3n) is 1.98. The second-order valence-electron chi connectivity index (χ2n) is 3.29. The van der Waals surface area contributed by atoms with Crippen LogP contribution in [0, 0.1) is 0 Å². The largest absolute Gasteiger partial charge is 0.471 e. The number of carbonyl (C=O) groups excluding carboxylic acids is 1. The molecule has 0 bridgehead atoms. The Bertz CT molecular complexity index is 221. The van der Waals surface area contributed by atoms with E-state index in [1.54, 1.807) is 0 Å². The van der Waals surface area contributed by atoms with Crippen molar-refractivity contribution in [2.45, 2.75) is 19.1 Å². The lowest BCUT2D eigenvalue weighted by Crippen LogP contribution is -2.48. The molecule has 0 aliphatic carbocycles. The van der Waals surface area contributed by atoms with Gasteiger partial charge in [0.05, 0.1) is 19.3 Å². The predicted molar refractivity (Wildman–Crippen MR) is 51.0 cm³/mol. The minimum absolute atomic E-state index is 0.0472. The number of halogens is 3. The lowest BCUT2D eigenvalue weighted by atomic mass is 10.3. The predicted octanol–water partition coefficient (Wildman–Crippen LogP) is 1.06. The summed E-state index contributed by atoms with van der Waals surface area (Å²) in [6.45, 7) is 1.48. The molecule has 0 aromatic heterocycles. The van der Waals surface area contributed by atoms with E-state index in [0.717, 1.165) is 0 Å². The highest BCUT2D eigenvalue weighted by Gasteiger charge is 2.43. The lowest BCUT2D eigenvalue weighted by molar-refractivity contribution is -0.189. The topological polar surface area (TPSA) is 38.8 Å². The second kappa shape index (κ2) is 6.70. The molecule has 0 fully saturated rings. The van der Waals surface area contributed by atoms with Crippen LogP contribution in [-0.2, 0) is 14.3 Å². The Morgan fingerprint density at radius 2 is 1.88 bits per heavy atom. The number of hydrogen-bond acceptors (Lipinski definition) is 3. The Kier molecular flexibility index (Phi) is 6.35. The van der Waals surface area contributed by atoms with Crippen molar-refractivity contribution in [1.29, 1.82) is 0 Å². The molecular formula is C9H16F3NO3. The summed E-state index contributed by atoms with van der Waals surface area (Å²) in [4.78, 5) is 11.8. The zero-order valence-corrected chi connectivity index (χ0v) is 9.50. The van der Waals surface area contributed by atoms with Crippen molar-refractivity contribution in [3.63, 3.8) is 0 Å². The minimum Gasteiger partial charge on any atom is -0.383 e.